The van der Waals surface area contributed by atoms with Crippen molar-refractivity contribution < 1.29 is 14.3 Å². The van der Waals surface area contributed by atoms with Crippen molar-refractivity contribution in [1.29, 1.82) is 0 Å². The first-order valence-corrected chi connectivity index (χ1v) is 3.38. The van der Waals surface area contributed by atoms with Crippen LogP contribution >= 0.6 is 24.8 Å². The number of nitrogens with two attached hydrogens (primary N) is 2. The Morgan fingerprint density at radius 2 is 1.36 bits per heavy atom. The van der Waals surface area contributed by atoms with Crippen LogP contribution in [0.1, 0.15) is 0 Å². The van der Waals surface area contributed by atoms with Gasteiger partial charge in [0, 0.05) is 13.1 Å². The molecule has 0 aromatic carbocycles. The van der Waals surface area contributed by atoms with E-state index < -0.39 is 6.16 Å². The molecule has 14 heavy (non-hydrogen) atoms. The van der Waals surface area contributed by atoms with Gasteiger partial charge in [0.2, 0.25) is 0 Å². The topological polar surface area (TPSA) is 87.6 Å². The Labute approximate surface area is 94.9 Å². The third kappa shape index (κ3) is 13.8. The van der Waals surface area contributed by atoms with Gasteiger partial charge in [-0.3, -0.25) is 0 Å². The first kappa shape index (κ1) is 18.9. The molecule has 0 aliphatic rings. The molecule has 0 unspecified atom stereocenters. The molecular formula is C7H14Cl2N2O3. The second kappa shape index (κ2) is 14.8. The quantitative estimate of drug-likeness (QED) is 0.568. The van der Waals surface area contributed by atoms with Gasteiger partial charge >= 0.3 is 6.16 Å². The zero-order valence-electron chi connectivity index (χ0n) is 7.42. The van der Waals surface area contributed by atoms with Crippen LogP contribution in [-0.2, 0) is 9.47 Å². The third-order valence-corrected chi connectivity index (χ3v) is 0.793. The fourth-order valence-electron chi connectivity index (χ4n) is 0.346. The Morgan fingerprint density at radius 1 is 1.00 bits per heavy atom. The number of hydrogen-bond donors (Lipinski definition) is 2. The number of carbonyl (C=O) groups is 1. The zero-order valence-corrected chi connectivity index (χ0v) is 9.05. The molecule has 0 aromatic rings. The van der Waals surface area contributed by atoms with Crippen molar-refractivity contribution in [3.8, 4) is 0 Å². The average molecular weight is 245 g/mol. The van der Waals surface area contributed by atoms with Gasteiger partial charge in [0.15, 0.2) is 0 Å². The Balaban J connectivity index is -0.000000605. The predicted octanol–water partition coefficient (Wildman–Crippen LogP) is 0.928. The van der Waals surface area contributed by atoms with Crippen LogP contribution in [0.15, 0.2) is 24.7 Å². The normalized spacial score (nSPS) is 9.29. The van der Waals surface area contributed by atoms with Crippen LogP contribution < -0.4 is 11.5 Å². The lowest BCUT2D eigenvalue weighted by molar-refractivity contribution is 0.119. The van der Waals surface area contributed by atoms with Crippen molar-refractivity contribution in [1.82, 2.24) is 0 Å². The van der Waals surface area contributed by atoms with Gasteiger partial charge in [-0.05, 0) is 12.2 Å². The summed E-state index contributed by atoms with van der Waals surface area (Å²) < 4.78 is 8.83. The van der Waals surface area contributed by atoms with E-state index in [9.17, 15) is 4.79 Å². The van der Waals surface area contributed by atoms with Crippen LogP contribution in [0.5, 0.6) is 0 Å². The molecule has 0 bridgehead atoms. The molecule has 0 saturated carbocycles. The highest BCUT2D eigenvalue weighted by molar-refractivity contribution is 5.85. The van der Waals surface area contributed by atoms with Gasteiger partial charge in [-0.25, -0.2) is 4.79 Å². The van der Waals surface area contributed by atoms with E-state index in [0.717, 1.165) is 0 Å². The molecule has 0 aliphatic carbocycles. The van der Waals surface area contributed by atoms with Gasteiger partial charge in [0.1, 0.15) is 0 Å². The minimum absolute atomic E-state index is 0. The molecule has 0 aliphatic heterocycles. The van der Waals surface area contributed by atoms with Gasteiger partial charge in [0.05, 0.1) is 12.5 Å². The molecule has 7 heteroatoms. The van der Waals surface area contributed by atoms with Gasteiger partial charge in [-0.15, -0.1) is 24.8 Å². The fraction of sp³-hybridized carbons (Fsp3) is 0.286. The lowest BCUT2D eigenvalue weighted by atomic mass is 10.6. The molecule has 0 rings (SSSR count). The van der Waals surface area contributed by atoms with E-state index in [2.05, 4.69) is 9.47 Å². The number of halogens is 2. The van der Waals surface area contributed by atoms with Crippen molar-refractivity contribution in [2.45, 2.75) is 0 Å². The van der Waals surface area contributed by atoms with Crippen LogP contribution in [0.3, 0.4) is 0 Å². The van der Waals surface area contributed by atoms with Crippen LogP contribution in [0, 0.1) is 0 Å². The summed E-state index contributed by atoms with van der Waals surface area (Å²) in [5.74, 6) is 0. The van der Waals surface area contributed by atoms with Crippen LogP contribution in [0.2, 0.25) is 0 Å². The number of carbonyl (C=O) groups excluding carboxylic acids is 1. The maximum absolute atomic E-state index is 10.6. The lowest BCUT2D eigenvalue weighted by Crippen LogP contribution is -2.00. The number of ether oxygens (including phenoxy) is 2. The Hall–Kier alpha value is -0.750. The zero-order chi connectivity index (χ0) is 9.23. The van der Waals surface area contributed by atoms with Gasteiger partial charge < -0.3 is 20.9 Å². The molecular weight excluding hydrogens is 231 g/mol. The molecule has 0 fully saturated rings. The summed E-state index contributed by atoms with van der Waals surface area (Å²) in [5.41, 5.74) is 10.2. The fourth-order valence-corrected chi connectivity index (χ4v) is 0.346. The second-order valence-electron chi connectivity index (χ2n) is 1.70. The van der Waals surface area contributed by atoms with Crippen LogP contribution in [-0.4, -0.2) is 19.2 Å². The highest BCUT2D eigenvalue weighted by Gasteiger charge is 1.95. The van der Waals surface area contributed by atoms with Crippen molar-refractivity contribution in [3.63, 3.8) is 0 Å². The van der Waals surface area contributed by atoms with Crippen LogP contribution in [0.25, 0.3) is 0 Å². The summed E-state index contributed by atoms with van der Waals surface area (Å²) in [6.07, 6.45) is 4.48. The Morgan fingerprint density at radius 3 is 1.64 bits per heavy atom. The molecule has 84 valence electrons. The van der Waals surface area contributed by atoms with E-state index in [-0.39, 0.29) is 24.8 Å². The molecule has 0 atom stereocenters. The maximum atomic E-state index is 10.6. The number of rotatable bonds is 4. The minimum Gasteiger partial charge on any atom is -0.403 e. The lowest BCUT2D eigenvalue weighted by Gasteiger charge is -1.94. The Bertz CT molecular complexity index is 168. The number of hydrogen-bond acceptors (Lipinski definition) is 5. The summed E-state index contributed by atoms with van der Waals surface area (Å²) in [6, 6.07) is 0. The monoisotopic (exact) mass is 244 g/mol. The average Bonchev–Trinajstić information content (AvgIpc) is 2.06. The molecule has 0 aromatic heterocycles. The Kier molecular flexibility index (Phi) is 19.9. The maximum Gasteiger partial charge on any atom is 0.518 e. The van der Waals surface area contributed by atoms with Crippen molar-refractivity contribution >= 4 is 31.0 Å². The molecule has 0 spiro atoms. The van der Waals surface area contributed by atoms with Gasteiger partial charge in [-0.2, -0.15) is 0 Å². The van der Waals surface area contributed by atoms with E-state index >= 15 is 0 Å². The molecule has 5 nitrogen and oxygen atoms in total. The second-order valence-corrected chi connectivity index (χ2v) is 1.70. The molecule has 0 saturated heterocycles. The highest BCUT2D eigenvalue weighted by atomic mass is 35.5. The third-order valence-electron chi connectivity index (χ3n) is 0.793. The van der Waals surface area contributed by atoms with Gasteiger partial charge in [0.25, 0.3) is 0 Å². The van der Waals surface area contributed by atoms with Crippen molar-refractivity contribution in [2.75, 3.05) is 13.1 Å². The largest absolute Gasteiger partial charge is 0.518 e. The first-order valence-electron chi connectivity index (χ1n) is 3.38. The van der Waals surface area contributed by atoms with Crippen molar-refractivity contribution in [3.05, 3.63) is 24.7 Å². The SMILES string of the molecule is Cl.Cl.NCC=COC(=O)OC=CCN. The van der Waals surface area contributed by atoms with Gasteiger partial charge in [-0.1, -0.05) is 0 Å². The van der Waals surface area contributed by atoms with E-state index in [0.29, 0.717) is 13.1 Å². The molecule has 0 amide bonds. The predicted molar refractivity (Wildman–Crippen MR) is 58.5 cm³/mol. The summed E-state index contributed by atoms with van der Waals surface area (Å²) >= 11 is 0. The summed E-state index contributed by atoms with van der Waals surface area (Å²) in [4.78, 5) is 10.6. The first-order chi connectivity index (χ1) is 5.81. The smallest absolute Gasteiger partial charge is 0.403 e. The summed E-state index contributed by atoms with van der Waals surface area (Å²) in [5, 5.41) is 0. The van der Waals surface area contributed by atoms with Crippen molar-refractivity contribution in [2.24, 2.45) is 11.5 Å². The summed E-state index contributed by atoms with van der Waals surface area (Å²) in [7, 11) is 0. The standard InChI is InChI=1S/C7H12N2O3.2ClH/c8-3-1-5-11-7(10)12-6-2-4-9;;/h1-2,5-6H,3-4,8-9H2;2*1H. The summed E-state index contributed by atoms with van der Waals surface area (Å²) in [6.45, 7) is 0.623. The van der Waals surface area contributed by atoms with E-state index in [1.807, 2.05) is 0 Å². The van der Waals surface area contributed by atoms with E-state index in [1.54, 1.807) is 0 Å². The molecule has 0 heterocycles. The molecule has 4 N–H and O–H groups in total. The minimum atomic E-state index is -0.815. The molecule has 0 radical (unpaired) electrons. The van der Waals surface area contributed by atoms with Crippen LogP contribution in [0.4, 0.5) is 4.79 Å². The van der Waals surface area contributed by atoms with E-state index in [4.69, 9.17) is 11.5 Å². The highest BCUT2D eigenvalue weighted by Crippen LogP contribution is 1.86. The van der Waals surface area contributed by atoms with E-state index in [1.165, 1.54) is 24.7 Å².